The third-order valence-electron chi connectivity index (χ3n) is 8.65. The highest BCUT2D eigenvalue weighted by Gasteiger charge is 2.46. The summed E-state index contributed by atoms with van der Waals surface area (Å²) in [7, 11) is 1.26. The predicted molar refractivity (Wildman–Crippen MR) is 166 cm³/mol. The number of nitrogens with one attached hydrogen (secondary N) is 1. The topological polar surface area (TPSA) is 142 Å². The minimum Gasteiger partial charge on any atom is -0.494 e. The van der Waals surface area contributed by atoms with E-state index in [0.717, 1.165) is 6.20 Å². The molecule has 16 heteroatoms. The fourth-order valence-corrected chi connectivity index (χ4v) is 5.77. The van der Waals surface area contributed by atoms with Crippen LogP contribution in [0.1, 0.15) is 52.6 Å². The van der Waals surface area contributed by atoms with Crippen LogP contribution in [-0.4, -0.2) is 51.9 Å². The fraction of sp³-hybridized carbons (Fsp3) is 0.235. The zero-order valence-corrected chi connectivity index (χ0v) is 26.2. The van der Waals surface area contributed by atoms with Crippen molar-refractivity contribution in [3.63, 3.8) is 0 Å². The van der Waals surface area contributed by atoms with Crippen molar-refractivity contribution in [1.29, 1.82) is 0 Å². The summed E-state index contributed by atoms with van der Waals surface area (Å²) in [6.07, 6.45) is -2.30. The van der Waals surface area contributed by atoms with Gasteiger partial charge in [-0.3, -0.25) is 9.59 Å². The van der Waals surface area contributed by atoms with Gasteiger partial charge in [0.05, 0.1) is 24.9 Å². The molecule has 10 nitrogen and oxygen atoms in total. The first-order valence-electron chi connectivity index (χ1n) is 14.8. The predicted octanol–water partition coefficient (Wildman–Crippen LogP) is 5.52. The molecular formula is C34H27F6N5O5. The van der Waals surface area contributed by atoms with Crippen LogP contribution in [0.15, 0.2) is 66.9 Å². The third-order valence-corrected chi connectivity index (χ3v) is 8.65. The molecule has 0 spiro atoms. The van der Waals surface area contributed by atoms with Crippen molar-refractivity contribution in [2.45, 2.75) is 30.9 Å². The van der Waals surface area contributed by atoms with Gasteiger partial charge in [0.15, 0.2) is 0 Å². The van der Waals surface area contributed by atoms with Gasteiger partial charge in [-0.25, -0.2) is 27.2 Å². The maximum atomic E-state index is 15.4. The second kappa shape index (κ2) is 12.7. The number of amides is 2. The lowest BCUT2D eigenvalue weighted by atomic mass is 9.80. The van der Waals surface area contributed by atoms with Crippen molar-refractivity contribution in [2.24, 2.45) is 5.73 Å². The molecule has 2 atom stereocenters. The number of rotatable bonds is 10. The van der Waals surface area contributed by atoms with Crippen LogP contribution >= 0.6 is 0 Å². The number of carbonyl (C=O) groups excluding carboxylic acids is 2. The number of carbonyl (C=O) groups is 2. The first-order chi connectivity index (χ1) is 23.7. The van der Waals surface area contributed by atoms with Gasteiger partial charge >= 0.3 is 6.55 Å². The van der Waals surface area contributed by atoms with E-state index in [9.17, 15) is 36.6 Å². The van der Waals surface area contributed by atoms with Crippen LogP contribution in [0.2, 0.25) is 0 Å². The lowest BCUT2D eigenvalue weighted by molar-refractivity contribution is -0.123. The molecule has 4 N–H and O–H groups in total. The van der Waals surface area contributed by atoms with E-state index in [1.54, 1.807) is 18.2 Å². The van der Waals surface area contributed by atoms with Gasteiger partial charge in [0.1, 0.15) is 52.0 Å². The summed E-state index contributed by atoms with van der Waals surface area (Å²) in [4.78, 5) is 30.7. The number of aliphatic hydroxyl groups is 1. The average molecular weight is 700 g/mol. The summed E-state index contributed by atoms with van der Waals surface area (Å²) in [5, 5.41) is 19.0. The number of aromatic nitrogens is 3. The molecular weight excluding hydrogens is 672 g/mol. The van der Waals surface area contributed by atoms with Gasteiger partial charge in [-0.15, -0.1) is 0 Å². The van der Waals surface area contributed by atoms with Gasteiger partial charge in [0, 0.05) is 34.3 Å². The third kappa shape index (κ3) is 5.74. The summed E-state index contributed by atoms with van der Waals surface area (Å²) in [5.41, 5.74) is -0.381. The Morgan fingerprint density at radius 2 is 1.82 bits per heavy atom. The minimum atomic E-state index is -3.33. The Bertz CT molecular complexity index is 2150. The molecule has 260 valence electrons. The summed E-state index contributed by atoms with van der Waals surface area (Å²) in [6, 6.07) is 12.4. The van der Waals surface area contributed by atoms with Crippen molar-refractivity contribution < 1.29 is 50.5 Å². The number of hydrogen-bond acceptors (Lipinski definition) is 7. The Kier molecular flexibility index (Phi) is 8.67. The molecule has 3 heterocycles. The molecule has 50 heavy (non-hydrogen) atoms. The van der Waals surface area contributed by atoms with Gasteiger partial charge in [-0.2, -0.15) is 13.9 Å². The maximum absolute atomic E-state index is 15.4. The molecule has 2 aromatic heterocycles. The number of benzene rings is 3. The largest absolute Gasteiger partial charge is 0.494 e. The van der Waals surface area contributed by atoms with E-state index >= 15 is 4.39 Å². The number of methoxy groups -OCH3 is 1. The highest BCUT2D eigenvalue weighted by atomic mass is 19.3. The molecule has 6 rings (SSSR count). The standard InChI is InChI=1S/C34H27F6N5O5/c1-33(31(41)47)15-50-28-21(33)11-25(43-27(28)19-10-20(29(37)38)23(36)12-22(19)35)34(48,18-6-4-3-5-7-18)14-42-30(46)16-8-17-13-45(32(39)40)44-26(17)24(9-16)49-2/h3-13,29,32,48H,14-15H2,1-2H3,(H2,41,47)(H,42,46)/t33-,34+/m0/s1. The highest BCUT2D eigenvalue weighted by molar-refractivity contribution is 6.00. The molecule has 1 aliphatic rings. The highest BCUT2D eigenvalue weighted by Crippen LogP contribution is 2.47. The number of alkyl halides is 4. The molecule has 1 aliphatic heterocycles. The van der Waals surface area contributed by atoms with E-state index in [2.05, 4.69) is 15.4 Å². The van der Waals surface area contributed by atoms with Crippen molar-refractivity contribution in [3.05, 3.63) is 106 Å². The second-order valence-corrected chi connectivity index (χ2v) is 11.8. The quantitative estimate of drug-likeness (QED) is 0.163. The van der Waals surface area contributed by atoms with Crippen molar-refractivity contribution in [3.8, 4) is 22.8 Å². The van der Waals surface area contributed by atoms with Crippen molar-refractivity contribution >= 4 is 22.7 Å². The second-order valence-electron chi connectivity index (χ2n) is 11.8. The van der Waals surface area contributed by atoms with Crippen LogP contribution < -0.4 is 20.5 Å². The molecule has 0 unspecified atom stereocenters. The maximum Gasteiger partial charge on any atom is 0.333 e. The molecule has 0 aliphatic carbocycles. The number of pyridine rings is 1. The zero-order chi connectivity index (χ0) is 36.1. The van der Waals surface area contributed by atoms with E-state index in [1.807, 2.05) is 0 Å². The molecule has 0 radical (unpaired) electrons. The molecule has 0 fully saturated rings. The average Bonchev–Trinajstić information content (AvgIpc) is 3.69. The van der Waals surface area contributed by atoms with E-state index in [1.165, 1.54) is 44.4 Å². The number of primary amides is 1. The van der Waals surface area contributed by atoms with E-state index in [4.69, 9.17) is 15.2 Å². The van der Waals surface area contributed by atoms with Crippen LogP contribution in [0.5, 0.6) is 11.5 Å². The molecule has 0 saturated carbocycles. The smallest absolute Gasteiger partial charge is 0.333 e. The normalized spacial score (nSPS) is 16.7. The van der Waals surface area contributed by atoms with E-state index < -0.39 is 70.8 Å². The number of halogens is 6. The molecule has 3 aromatic carbocycles. The summed E-state index contributed by atoms with van der Waals surface area (Å²) in [6.45, 7) is -2.52. The number of ether oxygens (including phenoxy) is 2. The van der Waals surface area contributed by atoms with Gasteiger partial charge in [-0.05, 0) is 36.8 Å². The SMILES string of the molecule is COc1cc(C(=O)NC[C@@](O)(c2ccccc2)c2cc3c(c(-c4cc(C(F)F)c(F)cc4F)n2)OC[C@]3(C)C(N)=O)cc2cn(C(F)F)nc12. The number of nitrogens with zero attached hydrogens (tertiary/aromatic N) is 3. The van der Waals surface area contributed by atoms with Gasteiger partial charge in [-0.1, -0.05) is 30.3 Å². The van der Waals surface area contributed by atoms with E-state index in [-0.39, 0.29) is 57.5 Å². The Morgan fingerprint density at radius 3 is 2.46 bits per heavy atom. The van der Waals surface area contributed by atoms with Gasteiger partial charge in [0.2, 0.25) is 5.91 Å². The number of fused-ring (bicyclic) bond motifs is 2. The summed E-state index contributed by atoms with van der Waals surface area (Å²) >= 11 is 0. The number of nitrogens with two attached hydrogens (primary N) is 1. The molecule has 0 bridgehead atoms. The van der Waals surface area contributed by atoms with Gasteiger partial charge in [0.25, 0.3) is 12.3 Å². The van der Waals surface area contributed by atoms with Crippen LogP contribution in [0.3, 0.4) is 0 Å². The first-order valence-corrected chi connectivity index (χ1v) is 14.8. The Balaban J connectivity index is 1.50. The van der Waals surface area contributed by atoms with Crippen LogP contribution in [0.25, 0.3) is 22.2 Å². The van der Waals surface area contributed by atoms with Crippen LogP contribution in [0, 0.1) is 11.6 Å². The lowest BCUT2D eigenvalue weighted by Gasteiger charge is -2.30. The van der Waals surface area contributed by atoms with Crippen molar-refractivity contribution in [2.75, 3.05) is 20.3 Å². The lowest BCUT2D eigenvalue weighted by Crippen LogP contribution is -2.43. The Hall–Kier alpha value is -5.64. The number of hydrogen-bond donors (Lipinski definition) is 3. The fourth-order valence-electron chi connectivity index (χ4n) is 5.77. The van der Waals surface area contributed by atoms with Crippen molar-refractivity contribution in [1.82, 2.24) is 20.1 Å². The monoisotopic (exact) mass is 699 g/mol. The molecule has 2 amide bonds. The van der Waals surface area contributed by atoms with Crippen LogP contribution in [0.4, 0.5) is 26.3 Å². The van der Waals surface area contributed by atoms with E-state index in [0.29, 0.717) is 10.7 Å². The summed E-state index contributed by atoms with van der Waals surface area (Å²) < 4.78 is 95.2. The van der Waals surface area contributed by atoms with Gasteiger partial charge < -0.3 is 25.6 Å². The molecule has 0 saturated heterocycles. The zero-order valence-electron chi connectivity index (χ0n) is 26.2. The first kappa shape index (κ1) is 34.2. The summed E-state index contributed by atoms with van der Waals surface area (Å²) in [5.74, 6) is -4.64. The minimum absolute atomic E-state index is 0.0190. The molecule has 5 aromatic rings. The van der Waals surface area contributed by atoms with Crippen LogP contribution in [-0.2, 0) is 15.8 Å². The Morgan fingerprint density at radius 1 is 1.10 bits per heavy atom. The Labute approximate surface area is 279 Å².